The third-order valence-corrected chi connectivity index (χ3v) is 7.55. The van der Waals surface area contributed by atoms with Crippen molar-refractivity contribution in [3.63, 3.8) is 0 Å². The summed E-state index contributed by atoms with van der Waals surface area (Å²) in [7, 11) is -7.42. The number of halogens is 3. The Hall–Kier alpha value is -0.790. The number of hydrogen-bond acceptors (Lipinski definition) is 3. The Balaban J connectivity index is 2.61. The number of sulfonamides is 1. The summed E-state index contributed by atoms with van der Waals surface area (Å²) in [6.45, 7) is 0. The van der Waals surface area contributed by atoms with Crippen molar-refractivity contribution in [2.45, 2.75) is 9.79 Å². The zero-order valence-electron chi connectivity index (χ0n) is 11.2. The first kappa shape index (κ1) is 17.6. The molecule has 0 spiro atoms. The molecule has 1 atom stereocenters. The van der Waals surface area contributed by atoms with E-state index in [0.717, 1.165) is 0 Å². The van der Waals surface area contributed by atoms with E-state index in [1.807, 2.05) is 0 Å². The van der Waals surface area contributed by atoms with Crippen LogP contribution in [0.15, 0.2) is 56.0 Å². The smallest absolute Gasteiger partial charge is 0.244 e. The van der Waals surface area contributed by atoms with Gasteiger partial charge < -0.3 is 0 Å². The van der Waals surface area contributed by atoms with Gasteiger partial charge in [-0.25, -0.2) is 4.21 Å². The Kier molecular flexibility index (Phi) is 5.09. The Morgan fingerprint density at radius 2 is 1.41 bits per heavy atom. The van der Waals surface area contributed by atoms with Gasteiger partial charge in [0.05, 0.1) is 14.8 Å². The first-order chi connectivity index (χ1) is 10.1. The molecule has 0 saturated heterocycles. The van der Waals surface area contributed by atoms with Gasteiger partial charge in [-0.15, -0.1) is 3.77 Å². The molecule has 0 aromatic heterocycles. The highest BCUT2D eigenvalue weighted by molar-refractivity contribution is 8.03. The lowest BCUT2D eigenvalue weighted by Crippen LogP contribution is -2.05. The maximum Gasteiger partial charge on any atom is 0.291 e. The first-order valence-corrected chi connectivity index (χ1v) is 10.3. The summed E-state index contributed by atoms with van der Waals surface area (Å²) in [4.78, 5) is -0.0381. The lowest BCUT2D eigenvalue weighted by molar-refractivity contribution is 0.598. The van der Waals surface area contributed by atoms with Gasteiger partial charge in [-0.05, 0) is 42.5 Å². The molecule has 0 aliphatic rings. The molecule has 0 N–H and O–H groups in total. The van der Waals surface area contributed by atoms with E-state index in [-0.39, 0.29) is 19.8 Å². The van der Waals surface area contributed by atoms with Crippen LogP contribution in [0.1, 0.15) is 0 Å². The molecule has 0 bridgehead atoms. The largest absolute Gasteiger partial charge is 0.291 e. The van der Waals surface area contributed by atoms with Gasteiger partial charge in [0.15, 0.2) is 0 Å². The van der Waals surface area contributed by atoms with Crippen molar-refractivity contribution in [1.82, 2.24) is 0 Å². The molecule has 0 saturated carbocycles. The fraction of sp³-hybridized carbons (Fsp3) is 0.0769. The molecule has 22 heavy (non-hydrogen) atoms. The normalized spacial score (nSPS) is 14.4. The van der Waals surface area contributed by atoms with E-state index < -0.39 is 19.8 Å². The van der Waals surface area contributed by atoms with Gasteiger partial charge in [0.2, 0.25) is 0 Å². The average molecular weight is 399 g/mol. The molecule has 1 unspecified atom stereocenters. The van der Waals surface area contributed by atoms with Gasteiger partial charge in [-0.1, -0.05) is 34.8 Å². The second-order valence-corrected chi connectivity index (χ2v) is 9.72. The summed E-state index contributed by atoms with van der Waals surface area (Å²) in [6, 6.07) is 9.90. The summed E-state index contributed by atoms with van der Waals surface area (Å²) < 4.78 is 40.8. The third-order valence-electron chi connectivity index (χ3n) is 2.66. The van der Waals surface area contributed by atoms with Crippen LogP contribution in [0.2, 0.25) is 15.1 Å². The molecule has 2 aromatic carbocycles. The van der Waals surface area contributed by atoms with E-state index >= 15 is 0 Å². The van der Waals surface area contributed by atoms with Crippen LogP contribution in [0.25, 0.3) is 0 Å². The highest BCUT2D eigenvalue weighted by Gasteiger charge is 2.21. The van der Waals surface area contributed by atoms with E-state index in [2.05, 4.69) is 3.77 Å². The highest BCUT2D eigenvalue weighted by Crippen LogP contribution is 2.28. The summed E-state index contributed by atoms with van der Waals surface area (Å²) in [6.07, 6.45) is 1.23. The van der Waals surface area contributed by atoms with Crippen molar-refractivity contribution in [3.8, 4) is 0 Å². The van der Waals surface area contributed by atoms with Crippen LogP contribution in [0.4, 0.5) is 0 Å². The third kappa shape index (κ3) is 3.94. The fourth-order valence-corrected chi connectivity index (χ4v) is 5.80. The van der Waals surface area contributed by atoms with E-state index in [9.17, 15) is 12.6 Å². The molecule has 0 fully saturated rings. The van der Waals surface area contributed by atoms with E-state index in [4.69, 9.17) is 34.8 Å². The van der Waals surface area contributed by atoms with Crippen molar-refractivity contribution in [2.75, 3.05) is 6.26 Å². The van der Waals surface area contributed by atoms with Crippen LogP contribution >= 0.6 is 34.8 Å². The van der Waals surface area contributed by atoms with Crippen LogP contribution < -0.4 is 0 Å². The minimum atomic E-state index is -4.23. The van der Waals surface area contributed by atoms with Gasteiger partial charge in [0, 0.05) is 21.2 Å². The molecule has 0 aliphatic carbocycles. The van der Waals surface area contributed by atoms with Crippen molar-refractivity contribution in [3.05, 3.63) is 57.5 Å². The van der Waals surface area contributed by atoms with Crippen molar-refractivity contribution in [1.29, 1.82) is 0 Å². The molecule has 2 aromatic rings. The number of hydrogen-bond donors (Lipinski definition) is 0. The van der Waals surface area contributed by atoms with Gasteiger partial charge in [0.1, 0.15) is 4.90 Å². The van der Waals surface area contributed by atoms with Crippen LogP contribution in [-0.2, 0) is 19.8 Å². The maximum absolute atomic E-state index is 12.6. The summed E-state index contributed by atoms with van der Waals surface area (Å²) >= 11 is 17.4. The highest BCUT2D eigenvalue weighted by atomic mass is 35.5. The predicted octanol–water partition coefficient (Wildman–Crippen LogP) is 4.49. The number of benzene rings is 2. The Morgan fingerprint density at radius 1 is 0.864 bits per heavy atom. The number of nitrogens with zero attached hydrogens (tertiary/aromatic N) is 1. The molecule has 118 valence electrons. The minimum absolute atomic E-state index is 0.0422. The minimum Gasteiger partial charge on any atom is -0.244 e. The standard InChI is InChI=1S/C13H10Cl3NO3S2/c1-21(18,11-5-2-9(14)3-6-11)17-22(19,20)13-8-10(15)4-7-12(13)16/h2-8H,1H3. The Morgan fingerprint density at radius 3 is 2.00 bits per heavy atom. The molecule has 2 rings (SSSR count). The van der Waals surface area contributed by atoms with Gasteiger partial charge in [-0.2, -0.15) is 8.42 Å². The Labute approximate surface area is 144 Å². The summed E-state index contributed by atoms with van der Waals surface area (Å²) in [5.74, 6) is 0. The molecule has 0 heterocycles. The van der Waals surface area contributed by atoms with Crippen LogP contribution in [0.5, 0.6) is 0 Å². The lowest BCUT2D eigenvalue weighted by Gasteiger charge is -2.07. The van der Waals surface area contributed by atoms with E-state index in [0.29, 0.717) is 5.02 Å². The predicted molar refractivity (Wildman–Crippen MR) is 89.9 cm³/mol. The first-order valence-electron chi connectivity index (χ1n) is 5.81. The van der Waals surface area contributed by atoms with Gasteiger partial charge >= 0.3 is 0 Å². The van der Waals surface area contributed by atoms with Crippen molar-refractivity contribution < 1.29 is 12.6 Å². The van der Waals surface area contributed by atoms with Gasteiger partial charge in [-0.3, -0.25) is 0 Å². The second kappa shape index (κ2) is 6.37. The molecule has 0 amide bonds. The van der Waals surface area contributed by atoms with E-state index in [1.165, 1.54) is 48.7 Å². The van der Waals surface area contributed by atoms with Gasteiger partial charge in [0.25, 0.3) is 10.0 Å². The average Bonchev–Trinajstić information content (AvgIpc) is 2.40. The SMILES string of the molecule is CS(=O)(=NS(=O)(=O)c1cc(Cl)ccc1Cl)c1ccc(Cl)cc1. The lowest BCUT2D eigenvalue weighted by atomic mass is 10.4. The topological polar surface area (TPSA) is 63.6 Å². The Bertz CT molecular complexity index is 932. The van der Waals surface area contributed by atoms with E-state index in [1.54, 1.807) is 0 Å². The maximum atomic E-state index is 12.6. The zero-order chi connectivity index (χ0) is 16.5. The monoisotopic (exact) mass is 397 g/mol. The number of rotatable bonds is 3. The quantitative estimate of drug-likeness (QED) is 0.765. The van der Waals surface area contributed by atoms with Crippen LogP contribution in [-0.4, -0.2) is 18.9 Å². The summed E-state index contributed by atoms with van der Waals surface area (Å²) in [5, 5.41) is 0.589. The van der Waals surface area contributed by atoms with Crippen LogP contribution in [0, 0.1) is 0 Å². The van der Waals surface area contributed by atoms with Crippen molar-refractivity contribution >= 4 is 54.6 Å². The molecule has 0 radical (unpaired) electrons. The molecular weight excluding hydrogens is 389 g/mol. The van der Waals surface area contributed by atoms with Crippen molar-refractivity contribution in [2.24, 2.45) is 3.77 Å². The molecule has 0 aliphatic heterocycles. The molecular formula is C13H10Cl3NO3S2. The zero-order valence-corrected chi connectivity index (χ0v) is 15.1. The molecule has 9 heteroatoms. The molecule has 4 nitrogen and oxygen atoms in total. The summed E-state index contributed by atoms with van der Waals surface area (Å²) in [5.41, 5.74) is 0. The fourth-order valence-electron chi connectivity index (χ4n) is 1.63. The van der Waals surface area contributed by atoms with Crippen LogP contribution in [0.3, 0.4) is 0 Å². The second-order valence-electron chi connectivity index (χ2n) is 4.38.